The molecule has 112 valence electrons. The first-order valence-corrected chi connectivity index (χ1v) is 7.13. The zero-order chi connectivity index (χ0) is 15.4. The van der Waals surface area contributed by atoms with E-state index >= 15 is 0 Å². The molecule has 0 amide bonds. The van der Waals surface area contributed by atoms with Gasteiger partial charge < -0.3 is 15.2 Å². The van der Waals surface area contributed by atoms with Crippen LogP contribution in [0.3, 0.4) is 0 Å². The van der Waals surface area contributed by atoms with Crippen molar-refractivity contribution in [1.29, 1.82) is 0 Å². The van der Waals surface area contributed by atoms with Crippen LogP contribution in [-0.4, -0.2) is 7.11 Å². The van der Waals surface area contributed by atoms with E-state index in [1.165, 1.54) is 11.1 Å². The molecular formula is C18H23NO2. The van der Waals surface area contributed by atoms with E-state index in [4.69, 9.17) is 15.2 Å². The van der Waals surface area contributed by atoms with Gasteiger partial charge in [0.1, 0.15) is 18.1 Å². The maximum absolute atomic E-state index is 6.00. The Kier molecular flexibility index (Phi) is 4.86. The van der Waals surface area contributed by atoms with Crippen LogP contribution in [0.2, 0.25) is 0 Å². The van der Waals surface area contributed by atoms with Crippen molar-refractivity contribution in [3.05, 3.63) is 58.7 Å². The second kappa shape index (κ2) is 6.64. The van der Waals surface area contributed by atoms with Crippen molar-refractivity contribution in [2.75, 3.05) is 7.11 Å². The summed E-state index contributed by atoms with van der Waals surface area (Å²) in [6.45, 7) is 6.69. The molecule has 2 aromatic carbocycles. The summed E-state index contributed by atoms with van der Waals surface area (Å²) < 4.78 is 11.2. The fourth-order valence-corrected chi connectivity index (χ4v) is 2.20. The van der Waals surface area contributed by atoms with Gasteiger partial charge in [0, 0.05) is 17.7 Å². The van der Waals surface area contributed by atoms with Crippen LogP contribution < -0.4 is 15.2 Å². The minimum absolute atomic E-state index is 0.0781. The Balaban J connectivity index is 2.19. The van der Waals surface area contributed by atoms with Gasteiger partial charge in [-0.15, -0.1) is 0 Å². The Bertz CT molecular complexity index is 621. The van der Waals surface area contributed by atoms with Gasteiger partial charge in [-0.1, -0.05) is 24.3 Å². The maximum Gasteiger partial charge on any atom is 0.128 e. The standard InChI is InChI=1S/C18H23NO2/c1-12-5-6-15(9-13(12)2)11-21-18-10-16(20-4)7-8-17(18)14(3)19/h5-10,14H,11,19H2,1-4H3. The first-order valence-electron chi connectivity index (χ1n) is 7.13. The Morgan fingerprint density at radius 2 is 1.81 bits per heavy atom. The van der Waals surface area contributed by atoms with Crippen LogP contribution in [0.5, 0.6) is 11.5 Å². The van der Waals surface area contributed by atoms with E-state index in [1.54, 1.807) is 7.11 Å². The number of ether oxygens (including phenoxy) is 2. The first-order chi connectivity index (χ1) is 10.0. The fraction of sp³-hybridized carbons (Fsp3) is 0.333. The largest absolute Gasteiger partial charge is 0.497 e. The molecule has 0 saturated heterocycles. The molecule has 0 aliphatic carbocycles. The van der Waals surface area contributed by atoms with Crippen LogP contribution in [0.15, 0.2) is 36.4 Å². The van der Waals surface area contributed by atoms with Gasteiger partial charge in [-0.25, -0.2) is 0 Å². The molecule has 2 rings (SSSR count). The number of benzene rings is 2. The van der Waals surface area contributed by atoms with E-state index in [1.807, 2.05) is 25.1 Å². The molecule has 3 heteroatoms. The zero-order valence-electron chi connectivity index (χ0n) is 13.1. The lowest BCUT2D eigenvalue weighted by molar-refractivity contribution is 0.299. The van der Waals surface area contributed by atoms with Crippen LogP contribution in [0.1, 0.15) is 35.2 Å². The normalized spacial score (nSPS) is 12.0. The lowest BCUT2D eigenvalue weighted by Crippen LogP contribution is -2.08. The molecule has 0 aliphatic heterocycles. The average Bonchev–Trinajstić information content (AvgIpc) is 2.48. The highest BCUT2D eigenvalue weighted by Crippen LogP contribution is 2.29. The Hall–Kier alpha value is -2.00. The quantitative estimate of drug-likeness (QED) is 0.905. The van der Waals surface area contributed by atoms with Crippen LogP contribution in [0, 0.1) is 13.8 Å². The molecule has 0 heterocycles. The van der Waals surface area contributed by atoms with Gasteiger partial charge in [0.05, 0.1) is 7.11 Å². The molecule has 3 nitrogen and oxygen atoms in total. The molecule has 1 unspecified atom stereocenters. The van der Waals surface area contributed by atoms with E-state index < -0.39 is 0 Å². The Morgan fingerprint density at radius 1 is 1.05 bits per heavy atom. The average molecular weight is 285 g/mol. The monoisotopic (exact) mass is 285 g/mol. The molecule has 2 aromatic rings. The molecule has 2 N–H and O–H groups in total. The minimum Gasteiger partial charge on any atom is -0.497 e. The van der Waals surface area contributed by atoms with Crippen LogP contribution in [0.25, 0.3) is 0 Å². The second-order valence-corrected chi connectivity index (χ2v) is 5.40. The smallest absolute Gasteiger partial charge is 0.128 e. The van der Waals surface area contributed by atoms with Crippen molar-refractivity contribution in [3.63, 3.8) is 0 Å². The minimum atomic E-state index is -0.0781. The Morgan fingerprint density at radius 3 is 2.43 bits per heavy atom. The SMILES string of the molecule is COc1ccc(C(C)N)c(OCc2ccc(C)c(C)c2)c1. The van der Waals surface area contributed by atoms with Gasteiger partial charge >= 0.3 is 0 Å². The second-order valence-electron chi connectivity index (χ2n) is 5.40. The van der Waals surface area contributed by atoms with Crippen LogP contribution in [-0.2, 0) is 6.61 Å². The maximum atomic E-state index is 6.00. The highest BCUT2D eigenvalue weighted by atomic mass is 16.5. The van der Waals surface area contributed by atoms with E-state index in [-0.39, 0.29) is 6.04 Å². The summed E-state index contributed by atoms with van der Waals surface area (Å²) in [5.74, 6) is 1.55. The van der Waals surface area contributed by atoms with Gasteiger partial charge in [0.25, 0.3) is 0 Å². The lowest BCUT2D eigenvalue weighted by atomic mass is 10.1. The van der Waals surface area contributed by atoms with Gasteiger partial charge in [-0.3, -0.25) is 0 Å². The van der Waals surface area contributed by atoms with E-state index in [9.17, 15) is 0 Å². The first kappa shape index (κ1) is 15.4. The van der Waals surface area contributed by atoms with Crippen molar-refractivity contribution in [2.24, 2.45) is 5.73 Å². The third kappa shape index (κ3) is 3.76. The van der Waals surface area contributed by atoms with Gasteiger partial charge in [-0.2, -0.15) is 0 Å². The summed E-state index contributed by atoms with van der Waals surface area (Å²) in [6.07, 6.45) is 0. The number of rotatable bonds is 5. The van der Waals surface area contributed by atoms with Crippen molar-refractivity contribution < 1.29 is 9.47 Å². The molecule has 0 aromatic heterocycles. The third-order valence-electron chi connectivity index (χ3n) is 3.68. The van der Waals surface area contributed by atoms with Gasteiger partial charge in [0.2, 0.25) is 0 Å². The highest BCUT2D eigenvalue weighted by molar-refractivity contribution is 5.42. The summed E-state index contributed by atoms with van der Waals surface area (Å²) in [7, 11) is 1.65. The molecule has 0 saturated carbocycles. The lowest BCUT2D eigenvalue weighted by Gasteiger charge is -2.15. The van der Waals surface area contributed by atoms with Crippen LogP contribution >= 0.6 is 0 Å². The molecule has 1 atom stereocenters. The van der Waals surface area contributed by atoms with E-state index in [0.717, 1.165) is 22.6 Å². The number of hydrogen-bond acceptors (Lipinski definition) is 3. The summed E-state index contributed by atoms with van der Waals surface area (Å²) >= 11 is 0. The predicted molar refractivity (Wildman–Crippen MR) is 85.8 cm³/mol. The molecule has 0 fully saturated rings. The number of methoxy groups -OCH3 is 1. The number of hydrogen-bond donors (Lipinski definition) is 1. The third-order valence-corrected chi connectivity index (χ3v) is 3.68. The molecule has 0 spiro atoms. The molecule has 21 heavy (non-hydrogen) atoms. The van der Waals surface area contributed by atoms with Crippen molar-refractivity contribution in [2.45, 2.75) is 33.4 Å². The molecule has 0 radical (unpaired) electrons. The number of nitrogens with two attached hydrogens (primary N) is 1. The Labute approximate surface area is 126 Å². The summed E-state index contributed by atoms with van der Waals surface area (Å²) in [6, 6.07) is 12.0. The van der Waals surface area contributed by atoms with Crippen LogP contribution in [0.4, 0.5) is 0 Å². The van der Waals surface area contributed by atoms with E-state index in [2.05, 4.69) is 32.0 Å². The molecular weight excluding hydrogens is 262 g/mol. The van der Waals surface area contributed by atoms with Gasteiger partial charge in [0.15, 0.2) is 0 Å². The topological polar surface area (TPSA) is 44.5 Å². The van der Waals surface area contributed by atoms with Gasteiger partial charge in [-0.05, 0) is 43.5 Å². The number of aryl methyl sites for hydroxylation is 2. The summed E-state index contributed by atoms with van der Waals surface area (Å²) in [5, 5.41) is 0. The summed E-state index contributed by atoms with van der Waals surface area (Å²) in [4.78, 5) is 0. The fourth-order valence-electron chi connectivity index (χ4n) is 2.20. The van der Waals surface area contributed by atoms with E-state index in [0.29, 0.717) is 6.61 Å². The van der Waals surface area contributed by atoms with Crippen molar-refractivity contribution in [1.82, 2.24) is 0 Å². The summed E-state index contributed by atoms with van der Waals surface area (Å²) in [5.41, 5.74) is 10.7. The molecule has 0 aliphatic rings. The van der Waals surface area contributed by atoms with Crippen molar-refractivity contribution >= 4 is 0 Å². The highest BCUT2D eigenvalue weighted by Gasteiger charge is 2.10. The predicted octanol–water partition coefficient (Wildman–Crippen LogP) is 3.91. The molecule has 0 bridgehead atoms. The van der Waals surface area contributed by atoms with Crippen molar-refractivity contribution in [3.8, 4) is 11.5 Å². The zero-order valence-corrected chi connectivity index (χ0v) is 13.1.